The average molecular weight is 416 g/mol. The summed E-state index contributed by atoms with van der Waals surface area (Å²) in [4.78, 5) is 14.9. The minimum atomic E-state index is -0.453. The highest BCUT2D eigenvalue weighted by Crippen LogP contribution is 2.36. The molecule has 146 valence electrons. The van der Waals surface area contributed by atoms with Crippen molar-refractivity contribution in [2.75, 3.05) is 18.9 Å². The predicted molar refractivity (Wildman–Crippen MR) is 114 cm³/mol. The summed E-state index contributed by atoms with van der Waals surface area (Å²) in [6.45, 7) is 5.23. The molecule has 6 nitrogen and oxygen atoms in total. The van der Waals surface area contributed by atoms with E-state index in [9.17, 15) is 4.79 Å². The van der Waals surface area contributed by atoms with Crippen LogP contribution in [0, 0.1) is 0 Å². The van der Waals surface area contributed by atoms with Gasteiger partial charge in [0.25, 0.3) is 0 Å². The first kappa shape index (κ1) is 20.2. The van der Waals surface area contributed by atoms with Crippen molar-refractivity contribution in [1.82, 2.24) is 19.8 Å². The quantitative estimate of drug-likeness (QED) is 0.466. The highest BCUT2D eigenvalue weighted by Gasteiger charge is 2.28. The van der Waals surface area contributed by atoms with E-state index in [2.05, 4.69) is 10.2 Å². The summed E-state index contributed by atoms with van der Waals surface area (Å²) >= 11 is 7.25. The Balaban J connectivity index is 1.93. The van der Waals surface area contributed by atoms with E-state index in [0.717, 1.165) is 11.1 Å². The third kappa shape index (κ3) is 4.31. The first-order chi connectivity index (χ1) is 13.5. The second-order valence-corrected chi connectivity index (χ2v) is 7.61. The number of aromatic nitrogens is 3. The van der Waals surface area contributed by atoms with Crippen LogP contribution in [0.15, 0.2) is 59.8 Å². The number of nitrogen functional groups attached to an aromatic ring is 1. The Morgan fingerprint density at radius 1 is 1.11 bits per heavy atom. The predicted octanol–water partition coefficient (Wildman–Crippen LogP) is 4.01. The van der Waals surface area contributed by atoms with E-state index in [0.29, 0.717) is 29.1 Å². The maximum atomic E-state index is 13.1. The van der Waals surface area contributed by atoms with E-state index in [1.807, 2.05) is 61.2 Å². The molecule has 1 heterocycles. The Hall–Kier alpha value is -2.51. The van der Waals surface area contributed by atoms with Gasteiger partial charge in [-0.05, 0) is 43.7 Å². The van der Waals surface area contributed by atoms with Gasteiger partial charge in [-0.25, -0.2) is 4.68 Å². The number of halogens is 1. The second kappa shape index (κ2) is 9.12. The monoisotopic (exact) mass is 415 g/mol. The average Bonchev–Trinajstić information content (AvgIpc) is 3.08. The van der Waals surface area contributed by atoms with E-state index in [1.54, 1.807) is 12.1 Å². The lowest BCUT2D eigenvalue weighted by molar-refractivity contribution is -0.130. The molecule has 3 rings (SSSR count). The van der Waals surface area contributed by atoms with E-state index >= 15 is 0 Å². The number of nitrogens with two attached hydrogens (primary N) is 1. The SMILES string of the molecule is CCN(CC)C(=O)[C@H](Sc1nnc(-c2ccc(Cl)cc2)n1N)c1ccccc1. The van der Waals surface area contributed by atoms with E-state index in [4.69, 9.17) is 17.4 Å². The van der Waals surface area contributed by atoms with E-state index in [1.165, 1.54) is 16.4 Å². The Morgan fingerprint density at radius 2 is 1.75 bits per heavy atom. The fraction of sp³-hybridized carbons (Fsp3) is 0.250. The van der Waals surface area contributed by atoms with Gasteiger partial charge in [0.15, 0.2) is 5.82 Å². The van der Waals surface area contributed by atoms with Crippen molar-refractivity contribution in [3.8, 4) is 11.4 Å². The molecule has 2 aromatic carbocycles. The minimum Gasteiger partial charge on any atom is -0.342 e. The van der Waals surface area contributed by atoms with Gasteiger partial charge in [0.1, 0.15) is 5.25 Å². The van der Waals surface area contributed by atoms with Crippen LogP contribution in [0.2, 0.25) is 5.02 Å². The lowest BCUT2D eigenvalue weighted by Crippen LogP contribution is -2.34. The van der Waals surface area contributed by atoms with Crippen LogP contribution in [-0.4, -0.2) is 38.8 Å². The zero-order chi connectivity index (χ0) is 20.1. The zero-order valence-electron chi connectivity index (χ0n) is 15.7. The molecule has 0 aliphatic rings. The summed E-state index contributed by atoms with van der Waals surface area (Å²) in [7, 11) is 0. The molecular formula is C20H22ClN5OS. The van der Waals surface area contributed by atoms with Crippen molar-refractivity contribution in [1.29, 1.82) is 0 Å². The number of amides is 1. The lowest BCUT2D eigenvalue weighted by Gasteiger charge is -2.24. The topological polar surface area (TPSA) is 77.0 Å². The first-order valence-electron chi connectivity index (χ1n) is 9.02. The number of carbonyl (C=O) groups excluding carboxylic acids is 1. The number of carbonyl (C=O) groups is 1. The summed E-state index contributed by atoms with van der Waals surface area (Å²) in [6, 6.07) is 16.9. The van der Waals surface area contributed by atoms with Gasteiger partial charge in [0.05, 0.1) is 0 Å². The number of likely N-dealkylation sites (N-methyl/N-ethyl adjacent to an activating group) is 1. The number of nitrogens with zero attached hydrogens (tertiary/aromatic N) is 4. The van der Waals surface area contributed by atoms with Crippen LogP contribution in [-0.2, 0) is 4.79 Å². The van der Waals surface area contributed by atoms with Gasteiger partial charge in [0, 0.05) is 23.7 Å². The Labute approximate surface area is 173 Å². The standard InChI is InChI=1S/C20H22ClN5OS/c1-3-25(4-2)19(27)17(14-8-6-5-7-9-14)28-20-24-23-18(26(20)22)15-10-12-16(21)13-11-15/h5-13,17H,3-4,22H2,1-2H3/t17-/m1/s1. The summed E-state index contributed by atoms with van der Waals surface area (Å²) in [5, 5.41) is 9.08. The first-order valence-corrected chi connectivity index (χ1v) is 10.3. The number of rotatable bonds is 7. The molecule has 0 saturated heterocycles. The Morgan fingerprint density at radius 3 is 2.36 bits per heavy atom. The minimum absolute atomic E-state index is 0.0252. The van der Waals surface area contributed by atoms with Gasteiger partial charge in [-0.2, -0.15) is 0 Å². The lowest BCUT2D eigenvalue weighted by atomic mass is 10.1. The number of benzene rings is 2. The molecule has 1 atom stereocenters. The fourth-order valence-electron chi connectivity index (χ4n) is 2.85. The summed E-state index contributed by atoms with van der Waals surface area (Å²) in [6.07, 6.45) is 0. The molecule has 3 aromatic rings. The van der Waals surface area contributed by atoms with Crippen molar-refractivity contribution in [2.24, 2.45) is 0 Å². The third-order valence-corrected chi connectivity index (χ3v) is 5.84. The Bertz CT molecular complexity index is 926. The van der Waals surface area contributed by atoms with Gasteiger partial charge in [-0.3, -0.25) is 4.79 Å². The number of hydrogen-bond donors (Lipinski definition) is 1. The molecule has 8 heteroatoms. The molecule has 0 radical (unpaired) electrons. The van der Waals surface area contributed by atoms with Crippen LogP contribution < -0.4 is 5.84 Å². The maximum Gasteiger partial charge on any atom is 0.240 e. The zero-order valence-corrected chi connectivity index (χ0v) is 17.3. The van der Waals surface area contributed by atoms with Crippen molar-refractivity contribution in [3.05, 3.63) is 65.2 Å². The maximum absolute atomic E-state index is 13.1. The molecule has 0 saturated carbocycles. The van der Waals surface area contributed by atoms with Crippen LogP contribution in [0.5, 0.6) is 0 Å². The highest BCUT2D eigenvalue weighted by molar-refractivity contribution is 8.00. The summed E-state index contributed by atoms with van der Waals surface area (Å²) < 4.78 is 1.42. The fourth-order valence-corrected chi connectivity index (χ4v) is 4.02. The molecular weight excluding hydrogens is 394 g/mol. The molecule has 1 amide bonds. The summed E-state index contributed by atoms with van der Waals surface area (Å²) in [5.74, 6) is 6.79. The molecule has 0 fully saturated rings. The number of thioether (sulfide) groups is 1. The normalized spacial score (nSPS) is 12.0. The largest absolute Gasteiger partial charge is 0.342 e. The van der Waals surface area contributed by atoms with Crippen molar-refractivity contribution in [2.45, 2.75) is 24.3 Å². The van der Waals surface area contributed by atoms with Crippen LogP contribution in [0.4, 0.5) is 0 Å². The molecule has 0 aliphatic carbocycles. The molecule has 1 aromatic heterocycles. The smallest absolute Gasteiger partial charge is 0.240 e. The van der Waals surface area contributed by atoms with Crippen LogP contribution in [0.3, 0.4) is 0 Å². The highest BCUT2D eigenvalue weighted by atomic mass is 35.5. The van der Waals surface area contributed by atoms with Crippen LogP contribution in [0.1, 0.15) is 24.7 Å². The summed E-state index contributed by atoms with van der Waals surface area (Å²) in [5.41, 5.74) is 1.71. The third-order valence-electron chi connectivity index (χ3n) is 4.39. The Kier molecular flexibility index (Phi) is 6.59. The van der Waals surface area contributed by atoms with Gasteiger partial charge < -0.3 is 10.7 Å². The number of hydrogen-bond acceptors (Lipinski definition) is 5. The van der Waals surface area contributed by atoms with E-state index in [-0.39, 0.29) is 5.91 Å². The van der Waals surface area contributed by atoms with Gasteiger partial charge in [0.2, 0.25) is 11.1 Å². The molecule has 0 bridgehead atoms. The molecule has 0 spiro atoms. The molecule has 0 aliphatic heterocycles. The van der Waals surface area contributed by atoms with Gasteiger partial charge in [-0.15, -0.1) is 10.2 Å². The molecule has 0 unspecified atom stereocenters. The van der Waals surface area contributed by atoms with Crippen LogP contribution >= 0.6 is 23.4 Å². The van der Waals surface area contributed by atoms with Gasteiger partial charge in [-0.1, -0.05) is 53.7 Å². The van der Waals surface area contributed by atoms with Crippen molar-refractivity contribution < 1.29 is 4.79 Å². The molecule has 28 heavy (non-hydrogen) atoms. The second-order valence-electron chi connectivity index (χ2n) is 6.10. The van der Waals surface area contributed by atoms with Gasteiger partial charge >= 0.3 is 0 Å². The van der Waals surface area contributed by atoms with E-state index < -0.39 is 5.25 Å². The van der Waals surface area contributed by atoms with Crippen molar-refractivity contribution in [3.63, 3.8) is 0 Å². The van der Waals surface area contributed by atoms with Crippen LogP contribution in [0.25, 0.3) is 11.4 Å². The van der Waals surface area contributed by atoms with Crippen molar-refractivity contribution >= 4 is 29.3 Å². The molecule has 2 N–H and O–H groups in total.